The smallest absolute Gasteiger partial charge is 0.338 e. The number of carbonyl (C=O) groups is 2. The van der Waals surface area contributed by atoms with Gasteiger partial charge in [0, 0.05) is 0 Å². The molecule has 170 valence electrons. The molecule has 0 amide bonds. The third kappa shape index (κ3) is 7.13. The Morgan fingerprint density at radius 2 is 1.16 bits per heavy atom. The molecule has 2 unspecified atom stereocenters. The highest BCUT2D eigenvalue weighted by Crippen LogP contribution is 2.14. The molecule has 4 rings (SSSR count). The molecule has 2 heterocycles. The Kier molecular flexibility index (Phi) is 7.49. The minimum absolute atomic E-state index is 0.0510. The van der Waals surface area contributed by atoms with Gasteiger partial charge in [-0.15, -0.1) is 0 Å². The van der Waals surface area contributed by atoms with Gasteiger partial charge in [-0.3, -0.25) is 0 Å². The molecule has 0 aliphatic carbocycles. The third-order valence-electron chi connectivity index (χ3n) is 4.95. The first-order valence-electron chi connectivity index (χ1n) is 10.6. The number of rotatable bonds is 12. The summed E-state index contributed by atoms with van der Waals surface area (Å²) in [6.45, 7) is 4.41. The van der Waals surface area contributed by atoms with Crippen molar-refractivity contribution in [3.05, 3.63) is 70.8 Å². The number of esters is 2. The largest absolute Gasteiger partial charge is 0.459 e. The summed E-state index contributed by atoms with van der Waals surface area (Å²) in [5, 5.41) is 0. The first-order chi connectivity index (χ1) is 15.6. The van der Waals surface area contributed by atoms with Gasteiger partial charge in [0.25, 0.3) is 0 Å². The van der Waals surface area contributed by atoms with Gasteiger partial charge in [0.2, 0.25) is 0 Å². The highest BCUT2D eigenvalue weighted by Gasteiger charge is 2.25. The number of epoxide rings is 2. The minimum atomic E-state index is -0.429. The minimum Gasteiger partial charge on any atom is -0.459 e. The highest BCUT2D eigenvalue weighted by molar-refractivity contribution is 5.89. The maximum atomic E-state index is 11.9. The lowest BCUT2D eigenvalue weighted by Crippen LogP contribution is -2.13. The molecule has 0 N–H and O–H groups in total. The topological polar surface area (TPSA) is 96.1 Å². The molecule has 0 bridgehead atoms. The molecule has 2 atom stereocenters. The molecule has 0 radical (unpaired) electrons. The molecule has 2 saturated heterocycles. The predicted molar refractivity (Wildman–Crippen MR) is 112 cm³/mol. The molecule has 0 aromatic heterocycles. The fourth-order valence-corrected chi connectivity index (χ4v) is 2.78. The zero-order valence-electron chi connectivity index (χ0n) is 17.9. The first-order valence-corrected chi connectivity index (χ1v) is 10.6. The van der Waals surface area contributed by atoms with E-state index >= 15 is 0 Å². The molecule has 0 spiro atoms. The van der Waals surface area contributed by atoms with Crippen molar-refractivity contribution in [1.82, 2.24) is 0 Å². The maximum absolute atomic E-state index is 11.9. The van der Waals surface area contributed by atoms with E-state index in [1.165, 1.54) is 0 Å². The molecule has 8 nitrogen and oxygen atoms in total. The second kappa shape index (κ2) is 10.7. The fraction of sp³-hybridized carbons (Fsp3) is 0.417. The maximum Gasteiger partial charge on any atom is 0.338 e. The quantitative estimate of drug-likeness (QED) is 0.281. The summed E-state index contributed by atoms with van der Waals surface area (Å²) in [4.78, 5) is 23.9. The Balaban J connectivity index is 1.15. The lowest BCUT2D eigenvalue weighted by Gasteiger charge is -2.14. The average Bonchev–Trinajstić information content (AvgIpc) is 3.74. The Hall–Kier alpha value is -2.78. The fourth-order valence-electron chi connectivity index (χ4n) is 2.78. The predicted octanol–water partition coefficient (Wildman–Crippen LogP) is 2.88. The van der Waals surface area contributed by atoms with Crippen molar-refractivity contribution < 1.29 is 38.0 Å². The standard InChI is InChI=1S/C24H26O8/c1-16(27-10-17-2-6-19(7-3-17)23(25)31-14-21-12-29-21)28-11-18-4-8-20(9-5-18)24(26)32-15-22-13-30-22/h2-9,16,21-22H,10-15H2,1H3. The van der Waals surface area contributed by atoms with Gasteiger partial charge in [0.15, 0.2) is 6.29 Å². The Morgan fingerprint density at radius 1 is 0.781 bits per heavy atom. The summed E-state index contributed by atoms with van der Waals surface area (Å²) in [7, 11) is 0. The van der Waals surface area contributed by atoms with Crippen LogP contribution >= 0.6 is 0 Å². The number of benzene rings is 2. The van der Waals surface area contributed by atoms with E-state index in [2.05, 4.69) is 0 Å². The van der Waals surface area contributed by atoms with Crippen LogP contribution in [0.1, 0.15) is 38.8 Å². The monoisotopic (exact) mass is 442 g/mol. The van der Waals surface area contributed by atoms with Crippen LogP contribution in [0, 0.1) is 0 Å². The third-order valence-corrected chi connectivity index (χ3v) is 4.95. The molecule has 8 heteroatoms. The van der Waals surface area contributed by atoms with Crippen LogP contribution in [0.25, 0.3) is 0 Å². The van der Waals surface area contributed by atoms with Crippen LogP contribution in [0.4, 0.5) is 0 Å². The van der Waals surface area contributed by atoms with Crippen molar-refractivity contribution in [3.8, 4) is 0 Å². The number of ether oxygens (including phenoxy) is 6. The van der Waals surface area contributed by atoms with Crippen molar-refractivity contribution in [1.29, 1.82) is 0 Å². The van der Waals surface area contributed by atoms with Gasteiger partial charge in [0.1, 0.15) is 25.4 Å². The number of carbonyl (C=O) groups excluding carboxylic acids is 2. The van der Waals surface area contributed by atoms with Gasteiger partial charge >= 0.3 is 11.9 Å². The van der Waals surface area contributed by atoms with Gasteiger partial charge in [-0.05, 0) is 42.3 Å². The Labute approximate surface area is 186 Å². The van der Waals surface area contributed by atoms with E-state index in [1.54, 1.807) is 24.3 Å². The lowest BCUT2D eigenvalue weighted by atomic mass is 10.1. The SMILES string of the molecule is CC(OCc1ccc(C(=O)OCC2CO2)cc1)OCc1ccc(C(=O)OCC2CO2)cc1. The Bertz CT molecular complexity index is 825. The van der Waals surface area contributed by atoms with E-state index in [-0.39, 0.29) is 24.1 Å². The summed E-state index contributed by atoms with van der Waals surface area (Å²) in [5.41, 5.74) is 2.82. The van der Waals surface area contributed by atoms with Gasteiger partial charge in [-0.25, -0.2) is 9.59 Å². The molecular formula is C24H26O8. The highest BCUT2D eigenvalue weighted by atomic mass is 16.7. The number of hydrogen-bond donors (Lipinski definition) is 0. The second-order valence-electron chi connectivity index (χ2n) is 7.69. The van der Waals surface area contributed by atoms with Crippen LogP contribution in [0.3, 0.4) is 0 Å². The van der Waals surface area contributed by atoms with Crippen molar-refractivity contribution >= 4 is 11.9 Å². The van der Waals surface area contributed by atoms with Gasteiger partial charge < -0.3 is 28.4 Å². The number of hydrogen-bond acceptors (Lipinski definition) is 8. The van der Waals surface area contributed by atoms with E-state index in [0.29, 0.717) is 50.8 Å². The van der Waals surface area contributed by atoms with E-state index < -0.39 is 6.29 Å². The van der Waals surface area contributed by atoms with Crippen LogP contribution in [0.15, 0.2) is 48.5 Å². The second-order valence-corrected chi connectivity index (χ2v) is 7.69. The summed E-state index contributed by atoms with van der Waals surface area (Å²) >= 11 is 0. The first kappa shape index (κ1) is 22.4. The summed E-state index contributed by atoms with van der Waals surface area (Å²) in [5.74, 6) is -0.721. The van der Waals surface area contributed by atoms with Gasteiger partial charge in [0.05, 0.1) is 37.6 Å². The molecule has 2 fully saturated rings. The van der Waals surface area contributed by atoms with Crippen molar-refractivity contribution in [2.24, 2.45) is 0 Å². The normalized spacial score (nSPS) is 19.8. The molecule has 2 aliphatic heterocycles. The molecule has 2 aliphatic rings. The molecule has 2 aromatic carbocycles. The molecule has 0 saturated carbocycles. The van der Waals surface area contributed by atoms with Crippen molar-refractivity contribution in [2.75, 3.05) is 26.4 Å². The van der Waals surface area contributed by atoms with Crippen LogP contribution in [-0.4, -0.2) is 56.9 Å². The lowest BCUT2D eigenvalue weighted by molar-refractivity contribution is -0.144. The van der Waals surface area contributed by atoms with E-state index in [4.69, 9.17) is 28.4 Å². The van der Waals surface area contributed by atoms with Crippen LogP contribution in [0.2, 0.25) is 0 Å². The molecule has 2 aromatic rings. The average molecular weight is 442 g/mol. The van der Waals surface area contributed by atoms with Gasteiger partial charge in [-0.1, -0.05) is 24.3 Å². The zero-order valence-corrected chi connectivity index (χ0v) is 17.9. The summed E-state index contributed by atoms with van der Waals surface area (Å²) in [6.07, 6.45) is -0.327. The van der Waals surface area contributed by atoms with Crippen molar-refractivity contribution in [2.45, 2.75) is 38.6 Å². The Morgan fingerprint density at radius 3 is 1.50 bits per heavy atom. The van der Waals surface area contributed by atoms with E-state index in [9.17, 15) is 9.59 Å². The van der Waals surface area contributed by atoms with Gasteiger partial charge in [-0.2, -0.15) is 0 Å². The molecule has 32 heavy (non-hydrogen) atoms. The molecular weight excluding hydrogens is 416 g/mol. The van der Waals surface area contributed by atoms with Crippen molar-refractivity contribution in [3.63, 3.8) is 0 Å². The summed E-state index contributed by atoms with van der Waals surface area (Å²) < 4.78 is 31.8. The van der Waals surface area contributed by atoms with Crippen LogP contribution in [0.5, 0.6) is 0 Å². The zero-order chi connectivity index (χ0) is 22.3. The summed E-state index contributed by atoms with van der Waals surface area (Å²) in [6, 6.07) is 14.1. The van der Waals surface area contributed by atoms with Crippen LogP contribution < -0.4 is 0 Å². The van der Waals surface area contributed by atoms with E-state index in [1.807, 2.05) is 31.2 Å². The van der Waals surface area contributed by atoms with E-state index in [0.717, 1.165) is 11.1 Å². The van der Waals surface area contributed by atoms with Crippen LogP contribution in [-0.2, 0) is 41.6 Å².